The maximum absolute atomic E-state index is 12.8. The predicted molar refractivity (Wildman–Crippen MR) is 104 cm³/mol. The first kappa shape index (κ1) is 17.5. The summed E-state index contributed by atoms with van der Waals surface area (Å²) in [7, 11) is 0. The molecule has 2 N–H and O–H groups in total. The quantitative estimate of drug-likeness (QED) is 0.908. The summed E-state index contributed by atoms with van der Waals surface area (Å²) in [5.74, 6) is 0.467. The Morgan fingerprint density at radius 2 is 1.70 bits per heavy atom. The topological polar surface area (TPSA) is 79.5 Å². The van der Waals surface area contributed by atoms with Crippen LogP contribution in [0.3, 0.4) is 0 Å². The van der Waals surface area contributed by atoms with Crippen LogP contribution in [-0.4, -0.2) is 52.3 Å². The average molecular weight is 364 g/mol. The Morgan fingerprint density at radius 1 is 1.00 bits per heavy atom. The second kappa shape index (κ2) is 7.39. The minimum atomic E-state index is -0.0867. The first-order chi connectivity index (χ1) is 13.1. The zero-order chi connectivity index (χ0) is 18.8. The monoisotopic (exact) mass is 364 g/mol. The van der Waals surface area contributed by atoms with Gasteiger partial charge in [0, 0.05) is 36.5 Å². The van der Waals surface area contributed by atoms with Crippen molar-refractivity contribution in [1.29, 1.82) is 0 Å². The average Bonchev–Trinajstić information content (AvgIpc) is 3.22. The molecular formula is C21H24N4O2. The van der Waals surface area contributed by atoms with E-state index in [0.29, 0.717) is 30.5 Å². The Hall–Kier alpha value is -2.89. The van der Waals surface area contributed by atoms with Gasteiger partial charge < -0.3 is 15.5 Å². The summed E-state index contributed by atoms with van der Waals surface area (Å²) < 4.78 is 0. The molecule has 2 aliphatic rings. The third kappa shape index (κ3) is 3.65. The summed E-state index contributed by atoms with van der Waals surface area (Å²) in [4.78, 5) is 33.0. The fraction of sp³-hybridized carbons (Fsp3) is 0.381. The molecule has 6 heteroatoms. The smallest absolute Gasteiger partial charge is 0.254 e. The van der Waals surface area contributed by atoms with E-state index in [2.05, 4.69) is 4.98 Å². The third-order valence-electron chi connectivity index (χ3n) is 5.56. The lowest BCUT2D eigenvalue weighted by atomic mass is 10.0. The van der Waals surface area contributed by atoms with E-state index in [4.69, 9.17) is 5.73 Å². The second-order valence-electron chi connectivity index (χ2n) is 7.30. The largest absolute Gasteiger partial charge is 0.384 e. The van der Waals surface area contributed by atoms with Crippen LogP contribution in [-0.2, 0) is 4.79 Å². The highest BCUT2D eigenvalue weighted by Crippen LogP contribution is 2.25. The maximum Gasteiger partial charge on any atom is 0.254 e. The van der Waals surface area contributed by atoms with Gasteiger partial charge in [-0.1, -0.05) is 25.0 Å². The zero-order valence-electron chi connectivity index (χ0n) is 15.3. The minimum absolute atomic E-state index is 0.0751. The van der Waals surface area contributed by atoms with Crippen LogP contribution in [0.1, 0.15) is 36.0 Å². The van der Waals surface area contributed by atoms with E-state index in [0.717, 1.165) is 24.0 Å². The SMILES string of the molecule is Nc1ccc(-c2ccc(C(=O)N3CCN(C4CCCC4)C(=O)C3)cc2)cn1. The highest BCUT2D eigenvalue weighted by atomic mass is 16.2. The van der Waals surface area contributed by atoms with Crippen LogP contribution in [0.2, 0.25) is 0 Å². The molecule has 6 nitrogen and oxygen atoms in total. The number of benzene rings is 1. The van der Waals surface area contributed by atoms with Crippen LogP contribution in [0, 0.1) is 0 Å². The van der Waals surface area contributed by atoms with Crippen molar-refractivity contribution < 1.29 is 9.59 Å². The number of nitrogens with two attached hydrogens (primary N) is 1. The van der Waals surface area contributed by atoms with E-state index in [-0.39, 0.29) is 18.4 Å². The normalized spacial score (nSPS) is 18.1. The number of hydrogen-bond acceptors (Lipinski definition) is 4. The molecule has 1 saturated carbocycles. The van der Waals surface area contributed by atoms with Crippen molar-refractivity contribution in [2.45, 2.75) is 31.7 Å². The number of nitrogen functional groups attached to an aromatic ring is 1. The molecule has 0 unspecified atom stereocenters. The Kier molecular flexibility index (Phi) is 4.79. The molecule has 0 radical (unpaired) electrons. The number of amides is 2. The standard InChI is InChI=1S/C21H24N4O2/c22-19-10-9-17(13-23-19)15-5-7-16(8-6-15)21(27)24-11-12-25(20(26)14-24)18-3-1-2-4-18/h5-10,13,18H,1-4,11-12,14H2,(H2,22,23). The van der Waals surface area contributed by atoms with Crippen LogP contribution in [0.25, 0.3) is 11.1 Å². The van der Waals surface area contributed by atoms with E-state index < -0.39 is 0 Å². The molecule has 0 atom stereocenters. The van der Waals surface area contributed by atoms with Crippen molar-refractivity contribution >= 4 is 17.6 Å². The first-order valence-electron chi connectivity index (χ1n) is 9.52. The fourth-order valence-corrected chi connectivity index (χ4v) is 4.03. The lowest BCUT2D eigenvalue weighted by Gasteiger charge is -2.37. The van der Waals surface area contributed by atoms with Crippen molar-refractivity contribution in [3.05, 3.63) is 48.2 Å². The second-order valence-corrected chi connectivity index (χ2v) is 7.30. The van der Waals surface area contributed by atoms with Gasteiger partial charge >= 0.3 is 0 Å². The Morgan fingerprint density at radius 3 is 2.33 bits per heavy atom. The molecule has 1 aromatic heterocycles. The Bertz CT molecular complexity index is 826. The van der Waals surface area contributed by atoms with Gasteiger partial charge in [0.25, 0.3) is 5.91 Å². The molecule has 1 aromatic carbocycles. The van der Waals surface area contributed by atoms with Gasteiger partial charge in [0.2, 0.25) is 5.91 Å². The highest BCUT2D eigenvalue weighted by Gasteiger charge is 2.33. The molecule has 0 spiro atoms. The molecule has 1 aliphatic heterocycles. The Balaban J connectivity index is 1.42. The highest BCUT2D eigenvalue weighted by molar-refractivity contribution is 5.97. The van der Waals surface area contributed by atoms with Crippen molar-refractivity contribution in [3.63, 3.8) is 0 Å². The van der Waals surface area contributed by atoms with Crippen molar-refractivity contribution in [1.82, 2.24) is 14.8 Å². The number of carbonyl (C=O) groups excluding carboxylic acids is 2. The van der Waals surface area contributed by atoms with Gasteiger partial charge in [-0.3, -0.25) is 9.59 Å². The summed E-state index contributed by atoms with van der Waals surface area (Å²) in [6, 6.07) is 11.4. The number of rotatable bonds is 3. The van der Waals surface area contributed by atoms with Crippen LogP contribution in [0.4, 0.5) is 5.82 Å². The first-order valence-corrected chi connectivity index (χ1v) is 9.52. The molecule has 2 amide bonds. The number of piperazine rings is 1. The van der Waals surface area contributed by atoms with Crippen molar-refractivity contribution in [3.8, 4) is 11.1 Å². The molecule has 2 heterocycles. The van der Waals surface area contributed by atoms with E-state index >= 15 is 0 Å². The van der Waals surface area contributed by atoms with Gasteiger partial charge in [-0.2, -0.15) is 0 Å². The van der Waals surface area contributed by atoms with E-state index in [1.165, 1.54) is 12.8 Å². The lowest BCUT2D eigenvalue weighted by Crippen LogP contribution is -2.54. The summed E-state index contributed by atoms with van der Waals surface area (Å²) in [6.07, 6.45) is 6.31. The van der Waals surface area contributed by atoms with Crippen LogP contribution >= 0.6 is 0 Å². The van der Waals surface area contributed by atoms with Gasteiger partial charge in [0.05, 0.1) is 0 Å². The molecule has 1 saturated heterocycles. The number of aromatic nitrogens is 1. The molecule has 2 fully saturated rings. The number of nitrogens with zero attached hydrogens (tertiary/aromatic N) is 3. The lowest BCUT2D eigenvalue weighted by molar-refractivity contribution is -0.137. The summed E-state index contributed by atoms with van der Waals surface area (Å²) >= 11 is 0. The summed E-state index contributed by atoms with van der Waals surface area (Å²) in [6.45, 7) is 1.42. The van der Waals surface area contributed by atoms with E-state index in [9.17, 15) is 9.59 Å². The number of anilines is 1. The van der Waals surface area contributed by atoms with Gasteiger partial charge in [-0.25, -0.2) is 4.98 Å². The minimum Gasteiger partial charge on any atom is -0.384 e. The molecule has 0 bridgehead atoms. The van der Waals surface area contributed by atoms with Gasteiger partial charge in [0.15, 0.2) is 0 Å². The molecule has 1 aliphatic carbocycles. The number of carbonyl (C=O) groups is 2. The summed E-state index contributed by atoms with van der Waals surface area (Å²) in [5.41, 5.74) is 8.14. The van der Waals surface area contributed by atoms with Gasteiger partial charge in [-0.15, -0.1) is 0 Å². The predicted octanol–water partition coefficient (Wildman–Crippen LogP) is 2.56. The zero-order valence-corrected chi connectivity index (χ0v) is 15.3. The van der Waals surface area contributed by atoms with Crippen molar-refractivity contribution in [2.75, 3.05) is 25.4 Å². The van der Waals surface area contributed by atoms with E-state index in [1.54, 1.807) is 17.2 Å². The van der Waals surface area contributed by atoms with Crippen molar-refractivity contribution in [2.24, 2.45) is 0 Å². The molecule has 4 rings (SSSR count). The summed E-state index contributed by atoms with van der Waals surface area (Å²) in [5, 5.41) is 0. The number of hydrogen-bond donors (Lipinski definition) is 1. The molecule has 140 valence electrons. The maximum atomic E-state index is 12.8. The van der Waals surface area contributed by atoms with Gasteiger partial charge in [-0.05, 0) is 42.7 Å². The third-order valence-corrected chi connectivity index (χ3v) is 5.56. The molecular weight excluding hydrogens is 340 g/mol. The number of pyridine rings is 1. The fourth-order valence-electron chi connectivity index (χ4n) is 4.03. The van der Waals surface area contributed by atoms with Crippen LogP contribution < -0.4 is 5.73 Å². The molecule has 2 aromatic rings. The molecule has 27 heavy (non-hydrogen) atoms. The van der Waals surface area contributed by atoms with Crippen LogP contribution in [0.5, 0.6) is 0 Å². The van der Waals surface area contributed by atoms with E-state index in [1.807, 2.05) is 35.2 Å². The van der Waals surface area contributed by atoms with Gasteiger partial charge in [0.1, 0.15) is 12.4 Å². The Labute approximate surface area is 159 Å². The van der Waals surface area contributed by atoms with Crippen LogP contribution in [0.15, 0.2) is 42.6 Å².